The highest BCUT2D eigenvalue weighted by Crippen LogP contribution is 2.22. The van der Waals surface area contributed by atoms with Gasteiger partial charge in [-0.15, -0.1) is 0 Å². The Bertz CT molecular complexity index is 985. The predicted octanol–water partition coefficient (Wildman–Crippen LogP) is 4.33. The number of benzene rings is 2. The summed E-state index contributed by atoms with van der Waals surface area (Å²) in [5, 5.41) is 2.87. The van der Waals surface area contributed by atoms with E-state index in [0.29, 0.717) is 39.0 Å². The van der Waals surface area contributed by atoms with E-state index in [0.717, 1.165) is 43.4 Å². The number of ether oxygens (including phenoxy) is 2. The van der Waals surface area contributed by atoms with Crippen LogP contribution < -0.4 is 10.1 Å². The number of carbonyl (C=O) groups excluding carboxylic acids is 3. The first-order valence-electron chi connectivity index (χ1n) is 13.4. The molecular formula is C30H40N2O5. The standard InChI is InChI=1S/C30H40N2O5/c1-3-4-20-37-26-13-10-24(11-14-26)21-27(30(35)36-2)31-28(33)22-25-16-18-32(19-17-25)29(34)15-12-23-8-6-5-7-9-23/h5-11,13-14,25,27H,3-4,12,15-22H2,1-2H3,(H,31,33)/t27-/m0/s1. The number of hydrogen-bond acceptors (Lipinski definition) is 5. The second-order valence-corrected chi connectivity index (χ2v) is 9.71. The second kappa shape index (κ2) is 15.0. The minimum atomic E-state index is -0.746. The molecule has 2 aromatic carbocycles. The average Bonchev–Trinajstić information content (AvgIpc) is 2.93. The molecule has 1 saturated heterocycles. The van der Waals surface area contributed by atoms with Crippen LogP contribution in [0.5, 0.6) is 5.75 Å². The number of nitrogens with one attached hydrogen (secondary N) is 1. The van der Waals surface area contributed by atoms with Gasteiger partial charge in [0.05, 0.1) is 13.7 Å². The van der Waals surface area contributed by atoms with Crippen LogP contribution in [0.1, 0.15) is 56.6 Å². The van der Waals surface area contributed by atoms with Crippen LogP contribution in [0, 0.1) is 5.92 Å². The number of esters is 1. The van der Waals surface area contributed by atoms with Crippen molar-refractivity contribution < 1.29 is 23.9 Å². The maximum absolute atomic E-state index is 12.8. The number of methoxy groups -OCH3 is 1. The second-order valence-electron chi connectivity index (χ2n) is 9.71. The molecule has 37 heavy (non-hydrogen) atoms. The van der Waals surface area contributed by atoms with E-state index in [9.17, 15) is 14.4 Å². The van der Waals surface area contributed by atoms with Crippen molar-refractivity contribution >= 4 is 17.8 Å². The summed E-state index contributed by atoms with van der Waals surface area (Å²) in [5.41, 5.74) is 2.08. The molecule has 7 heteroatoms. The van der Waals surface area contributed by atoms with Crippen molar-refractivity contribution in [1.29, 1.82) is 0 Å². The molecule has 0 bridgehead atoms. The van der Waals surface area contributed by atoms with Crippen molar-refractivity contribution in [2.24, 2.45) is 5.92 Å². The summed E-state index contributed by atoms with van der Waals surface area (Å²) in [5.74, 6) is 0.523. The predicted molar refractivity (Wildman–Crippen MR) is 143 cm³/mol. The number of unbranched alkanes of at least 4 members (excludes halogenated alkanes) is 1. The number of hydrogen-bond donors (Lipinski definition) is 1. The lowest BCUT2D eigenvalue weighted by Gasteiger charge is -2.32. The summed E-state index contributed by atoms with van der Waals surface area (Å²) in [6.07, 6.45) is 5.57. The highest BCUT2D eigenvalue weighted by molar-refractivity contribution is 5.84. The molecule has 0 saturated carbocycles. The monoisotopic (exact) mass is 508 g/mol. The van der Waals surface area contributed by atoms with Crippen molar-refractivity contribution in [3.05, 3.63) is 65.7 Å². The molecule has 1 N–H and O–H groups in total. The van der Waals surface area contributed by atoms with Crippen LogP contribution in [0.2, 0.25) is 0 Å². The molecule has 2 amide bonds. The first-order valence-corrected chi connectivity index (χ1v) is 13.4. The van der Waals surface area contributed by atoms with Crippen LogP contribution >= 0.6 is 0 Å². The van der Waals surface area contributed by atoms with Crippen molar-refractivity contribution in [2.45, 2.75) is 64.3 Å². The van der Waals surface area contributed by atoms with Gasteiger partial charge in [0.25, 0.3) is 0 Å². The Hall–Kier alpha value is -3.35. The minimum absolute atomic E-state index is 0.163. The molecule has 1 fully saturated rings. The molecule has 0 aliphatic carbocycles. The lowest BCUT2D eigenvalue weighted by molar-refractivity contribution is -0.145. The fourth-order valence-corrected chi connectivity index (χ4v) is 4.58. The molecule has 0 aromatic heterocycles. The van der Waals surface area contributed by atoms with Gasteiger partial charge in [0, 0.05) is 32.4 Å². The van der Waals surface area contributed by atoms with E-state index in [2.05, 4.69) is 12.2 Å². The minimum Gasteiger partial charge on any atom is -0.494 e. The van der Waals surface area contributed by atoms with Gasteiger partial charge >= 0.3 is 5.97 Å². The third kappa shape index (κ3) is 9.56. The van der Waals surface area contributed by atoms with Gasteiger partial charge in [-0.3, -0.25) is 9.59 Å². The van der Waals surface area contributed by atoms with Crippen molar-refractivity contribution in [3.63, 3.8) is 0 Å². The molecule has 0 radical (unpaired) electrons. The molecule has 1 aliphatic heterocycles. The third-order valence-corrected chi connectivity index (χ3v) is 6.86. The van der Waals surface area contributed by atoms with Crippen molar-refractivity contribution in [1.82, 2.24) is 10.2 Å². The summed E-state index contributed by atoms with van der Waals surface area (Å²) in [7, 11) is 1.33. The van der Waals surface area contributed by atoms with Crippen LogP contribution in [-0.4, -0.2) is 55.5 Å². The van der Waals surface area contributed by atoms with E-state index >= 15 is 0 Å². The lowest BCUT2D eigenvalue weighted by Crippen LogP contribution is -2.44. The molecule has 1 aliphatic rings. The van der Waals surface area contributed by atoms with Crippen LogP contribution in [0.4, 0.5) is 0 Å². The number of likely N-dealkylation sites (tertiary alicyclic amines) is 1. The number of carbonyl (C=O) groups is 3. The Balaban J connectivity index is 1.43. The molecule has 3 rings (SSSR count). The van der Waals surface area contributed by atoms with E-state index in [1.165, 1.54) is 12.7 Å². The Morgan fingerprint density at radius 1 is 1.00 bits per heavy atom. The van der Waals surface area contributed by atoms with Crippen LogP contribution in [0.25, 0.3) is 0 Å². The van der Waals surface area contributed by atoms with Gasteiger partial charge in [0.2, 0.25) is 11.8 Å². The molecule has 200 valence electrons. The summed E-state index contributed by atoms with van der Waals surface area (Å²) in [6, 6.07) is 16.9. The highest BCUT2D eigenvalue weighted by atomic mass is 16.5. The lowest BCUT2D eigenvalue weighted by atomic mass is 9.92. The van der Waals surface area contributed by atoms with E-state index < -0.39 is 12.0 Å². The zero-order chi connectivity index (χ0) is 26.5. The van der Waals surface area contributed by atoms with Crippen LogP contribution in [0.3, 0.4) is 0 Å². The van der Waals surface area contributed by atoms with Crippen molar-refractivity contribution in [2.75, 3.05) is 26.8 Å². The molecule has 0 unspecified atom stereocenters. The van der Waals surface area contributed by atoms with Crippen LogP contribution in [-0.2, 0) is 32.0 Å². The summed E-state index contributed by atoms with van der Waals surface area (Å²) in [6.45, 7) is 4.13. The smallest absolute Gasteiger partial charge is 0.328 e. The van der Waals surface area contributed by atoms with E-state index in [1.54, 1.807) is 0 Å². The largest absolute Gasteiger partial charge is 0.494 e. The molecule has 2 aromatic rings. The van der Waals surface area contributed by atoms with Crippen molar-refractivity contribution in [3.8, 4) is 5.75 Å². The zero-order valence-electron chi connectivity index (χ0n) is 22.1. The van der Waals surface area contributed by atoms with Gasteiger partial charge in [0.1, 0.15) is 11.8 Å². The number of nitrogens with zero attached hydrogens (tertiary/aromatic N) is 1. The van der Waals surface area contributed by atoms with Gasteiger partial charge in [-0.1, -0.05) is 55.8 Å². The normalized spacial score (nSPS) is 14.6. The van der Waals surface area contributed by atoms with E-state index in [-0.39, 0.29) is 17.7 Å². The van der Waals surface area contributed by atoms with Gasteiger partial charge in [-0.05, 0) is 54.9 Å². The molecular weight excluding hydrogens is 468 g/mol. The van der Waals surface area contributed by atoms with Gasteiger partial charge in [-0.2, -0.15) is 0 Å². The topological polar surface area (TPSA) is 84.9 Å². The number of piperidine rings is 1. The Morgan fingerprint density at radius 3 is 2.35 bits per heavy atom. The number of amides is 2. The maximum atomic E-state index is 12.8. The molecule has 1 atom stereocenters. The fraction of sp³-hybridized carbons (Fsp3) is 0.500. The fourth-order valence-electron chi connectivity index (χ4n) is 4.58. The first kappa shape index (κ1) is 28.2. The van der Waals surface area contributed by atoms with Gasteiger partial charge in [-0.25, -0.2) is 4.79 Å². The van der Waals surface area contributed by atoms with Crippen LogP contribution in [0.15, 0.2) is 54.6 Å². The summed E-state index contributed by atoms with van der Waals surface area (Å²) in [4.78, 5) is 39.7. The first-order chi connectivity index (χ1) is 18.0. The Labute approximate surface area is 220 Å². The van der Waals surface area contributed by atoms with Gasteiger partial charge in [0.15, 0.2) is 0 Å². The quantitative estimate of drug-likeness (QED) is 0.322. The zero-order valence-corrected chi connectivity index (χ0v) is 22.1. The maximum Gasteiger partial charge on any atom is 0.328 e. The Morgan fingerprint density at radius 2 is 1.70 bits per heavy atom. The molecule has 7 nitrogen and oxygen atoms in total. The SMILES string of the molecule is CCCCOc1ccc(C[C@H](NC(=O)CC2CCN(C(=O)CCc3ccccc3)CC2)C(=O)OC)cc1. The number of aryl methyl sites for hydroxylation is 1. The highest BCUT2D eigenvalue weighted by Gasteiger charge is 2.27. The summed E-state index contributed by atoms with van der Waals surface area (Å²) >= 11 is 0. The Kier molecular flexibility index (Phi) is 11.5. The summed E-state index contributed by atoms with van der Waals surface area (Å²) < 4.78 is 10.6. The average molecular weight is 509 g/mol. The van der Waals surface area contributed by atoms with E-state index in [4.69, 9.17) is 9.47 Å². The third-order valence-electron chi connectivity index (χ3n) is 6.86. The molecule has 0 spiro atoms. The molecule has 1 heterocycles. The number of rotatable bonds is 13. The van der Waals surface area contributed by atoms with E-state index in [1.807, 2.05) is 59.5 Å². The van der Waals surface area contributed by atoms with Gasteiger partial charge < -0.3 is 19.7 Å².